The predicted octanol–water partition coefficient (Wildman–Crippen LogP) is 2.53. The number of pyridine rings is 1. The van der Waals surface area contributed by atoms with Crippen molar-refractivity contribution in [3.05, 3.63) is 83.2 Å². The molecular formula is C35H42N6O6. The molecule has 12 heteroatoms. The van der Waals surface area contributed by atoms with Crippen LogP contribution in [0.1, 0.15) is 48.0 Å². The third kappa shape index (κ3) is 8.25. The molecule has 0 aliphatic carbocycles. The van der Waals surface area contributed by atoms with Gasteiger partial charge in [0, 0.05) is 45.3 Å². The van der Waals surface area contributed by atoms with Crippen molar-refractivity contribution in [1.82, 2.24) is 30.7 Å². The van der Waals surface area contributed by atoms with E-state index in [1.54, 1.807) is 37.1 Å². The van der Waals surface area contributed by atoms with Crippen LogP contribution >= 0.6 is 0 Å². The van der Waals surface area contributed by atoms with E-state index in [4.69, 9.17) is 4.74 Å². The van der Waals surface area contributed by atoms with Crippen molar-refractivity contribution in [3.8, 4) is 17.2 Å². The molecule has 12 nitrogen and oxygen atoms in total. The molecule has 0 radical (unpaired) electrons. The highest BCUT2D eigenvalue weighted by molar-refractivity contribution is 6.00. The normalized spacial score (nSPS) is 21.3. The predicted molar refractivity (Wildman–Crippen MR) is 175 cm³/mol. The Hall–Kier alpha value is -4.97. The van der Waals surface area contributed by atoms with Gasteiger partial charge in [0.25, 0.3) is 5.91 Å². The van der Waals surface area contributed by atoms with E-state index in [0.29, 0.717) is 44.2 Å². The fourth-order valence-corrected chi connectivity index (χ4v) is 5.69. The molecule has 47 heavy (non-hydrogen) atoms. The van der Waals surface area contributed by atoms with E-state index in [2.05, 4.69) is 25.8 Å². The largest absolute Gasteiger partial charge is 0.507 e. The number of hydrogen-bond acceptors (Lipinski definition) is 8. The summed E-state index contributed by atoms with van der Waals surface area (Å²) in [7, 11) is 0. The molecule has 3 aliphatic rings. The Kier molecular flexibility index (Phi) is 10.4. The van der Waals surface area contributed by atoms with Gasteiger partial charge in [-0.25, -0.2) is 0 Å². The molecule has 4 bridgehead atoms. The van der Waals surface area contributed by atoms with Gasteiger partial charge >= 0.3 is 0 Å². The minimum atomic E-state index is -1.00. The lowest BCUT2D eigenvalue weighted by molar-refractivity contribution is -0.138. The molecule has 4 N–H and O–H groups in total. The number of benzene rings is 2. The number of ether oxygens (including phenoxy) is 1. The zero-order valence-corrected chi connectivity index (χ0v) is 27.2. The molecule has 0 saturated carbocycles. The van der Waals surface area contributed by atoms with Gasteiger partial charge < -0.3 is 30.7 Å². The van der Waals surface area contributed by atoms with Crippen molar-refractivity contribution < 1.29 is 29.0 Å². The quantitative estimate of drug-likeness (QED) is 0.317. The Morgan fingerprint density at radius 2 is 1.66 bits per heavy atom. The highest BCUT2D eigenvalue weighted by Crippen LogP contribution is 2.28. The molecule has 1 saturated heterocycles. The highest BCUT2D eigenvalue weighted by atomic mass is 16.5. The molecule has 6 rings (SSSR count). The number of nitrogens with one attached hydrogen (secondary N) is 3. The van der Waals surface area contributed by atoms with Gasteiger partial charge in [0.15, 0.2) is 0 Å². The van der Waals surface area contributed by atoms with Crippen molar-refractivity contribution >= 4 is 23.6 Å². The number of carbonyl (C=O) groups excluding carboxylic acids is 4. The molecule has 1 aromatic heterocycles. The number of phenols is 1. The molecule has 2 aromatic carbocycles. The first-order valence-electron chi connectivity index (χ1n) is 15.9. The van der Waals surface area contributed by atoms with Crippen molar-refractivity contribution in [3.63, 3.8) is 0 Å². The van der Waals surface area contributed by atoms with Crippen LogP contribution < -0.4 is 20.7 Å². The summed E-state index contributed by atoms with van der Waals surface area (Å²) in [5.74, 6) is -1.78. The van der Waals surface area contributed by atoms with Crippen LogP contribution in [0.15, 0.2) is 60.8 Å². The van der Waals surface area contributed by atoms with Crippen LogP contribution in [-0.2, 0) is 27.3 Å². The lowest BCUT2D eigenvalue weighted by Gasteiger charge is -2.36. The maximum atomic E-state index is 13.9. The second-order valence-electron chi connectivity index (χ2n) is 12.5. The molecule has 0 spiro atoms. The molecule has 248 valence electrons. The van der Waals surface area contributed by atoms with Gasteiger partial charge in [-0.1, -0.05) is 32.0 Å². The van der Waals surface area contributed by atoms with E-state index in [9.17, 15) is 24.3 Å². The van der Waals surface area contributed by atoms with Crippen molar-refractivity contribution in [1.29, 1.82) is 0 Å². The van der Waals surface area contributed by atoms with Gasteiger partial charge in [0.05, 0.1) is 11.3 Å². The SMILES string of the molecule is Cc1cccnc1CN1CCN(C(=O)[C@H]2Cc3ccc(cc3)Oc3ccc(O)c(c3)C(=O)N[C@@H](C(C)C)C(=O)N[C@@H](C)C(=O)N2)CC1. The third-order valence-electron chi connectivity index (χ3n) is 8.59. The first kappa shape index (κ1) is 33.4. The summed E-state index contributed by atoms with van der Waals surface area (Å²) in [6, 6.07) is 12.5. The Morgan fingerprint density at radius 3 is 2.34 bits per heavy atom. The highest BCUT2D eigenvalue weighted by Gasteiger charge is 2.32. The standard InChI is InChI=1S/C35H42N6O6/c1-21(2)31-34(45)37-23(4)32(43)38-28(35(46)41-16-14-40(15-17-41)20-29-22(3)6-5-13-36-29)18-24-7-9-25(10-8-24)47-26-11-12-30(42)27(19-26)33(44)39-31/h5-13,19,21,23,28,31,42H,14-18,20H2,1-4H3,(H,37,45)(H,38,43)(H,39,44)/t23-,28+,31-/m0/s1. The molecule has 3 atom stereocenters. The number of aryl methyl sites for hydroxylation is 1. The third-order valence-corrected chi connectivity index (χ3v) is 8.59. The first-order chi connectivity index (χ1) is 22.5. The lowest BCUT2D eigenvalue weighted by atomic mass is 10.0. The number of aromatic nitrogens is 1. The average Bonchev–Trinajstić information content (AvgIpc) is 3.05. The van der Waals surface area contributed by atoms with Gasteiger partial charge in [-0.05, 0) is 67.3 Å². The zero-order valence-electron chi connectivity index (χ0n) is 27.2. The maximum absolute atomic E-state index is 13.9. The molecule has 4 heterocycles. The van der Waals surface area contributed by atoms with E-state index in [1.807, 2.05) is 31.2 Å². The summed E-state index contributed by atoms with van der Waals surface area (Å²) in [4.78, 5) is 62.4. The van der Waals surface area contributed by atoms with Gasteiger partial charge in [-0.2, -0.15) is 0 Å². The van der Waals surface area contributed by atoms with E-state index in [1.165, 1.54) is 25.1 Å². The second kappa shape index (κ2) is 14.6. The molecule has 1 fully saturated rings. The monoisotopic (exact) mass is 642 g/mol. The number of nitrogens with zero attached hydrogens (tertiary/aromatic N) is 3. The number of aromatic hydroxyl groups is 1. The minimum absolute atomic E-state index is 0.0569. The molecular weight excluding hydrogens is 600 g/mol. The van der Waals surface area contributed by atoms with Crippen molar-refractivity contribution in [2.45, 2.75) is 58.8 Å². The Labute approximate surface area is 274 Å². The van der Waals surface area contributed by atoms with Crippen LogP contribution in [0.5, 0.6) is 17.2 Å². The fraction of sp³-hybridized carbons (Fsp3) is 0.400. The van der Waals surface area contributed by atoms with Crippen LogP contribution in [0, 0.1) is 12.8 Å². The maximum Gasteiger partial charge on any atom is 0.255 e. The van der Waals surface area contributed by atoms with Crippen LogP contribution in [0.3, 0.4) is 0 Å². The van der Waals surface area contributed by atoms with E-state index < -0.39 is 35.8 Å². The van der Waals surface area contributed by atoms with Gasteiger partial charge in [0.2, 0.25) is 17.7 Å². The molecule has 3 aromatic rings. The second-order valence-corrected chi connectivity index (χ2v) is 12.5. The van der Waals surface area contributed by atoms with Gasteiger partial charge in [-0.3, -0.25) is 29.1 Å². The molecule has 3 aliphatic heterocycles. The summed E-state index contributed by atoms with van der Waals surface area (Å²) >= 11 is 0. The van der Waals surface area contributed by atoms with Crippen LogP contribution in [0.4, 0.5) is 0 Å². The molecule has 4 amide bonds. The Morgan fingerprint density at radius 1 is 0.957 bits per heavy atom. The number of fused-ring (bicyclic) bond motifs is 11. The molecule has 0 unspecified atom stereocenters. The minimum Gasteiger partial charge on any atom is -0.507 e. The van der Waals surface area contributed by atoms with Crippen LogP contribution in [0.25, 0.3) is 0 Å². The van der Waals surface area contributed by atoms with Gasteiger partial charge in [0.1, 0.15) is 35.4 Å². The summed E-state index contributed by atoms with van der Waals surface area (Å²) in [5.41, 5.74) is 2.87. The number of rotatable bonds is 4. The van der Waals surface area contributed by atoms with Crippen LogP contribution in [0.2, 0.25) is 0 Å². The number of amides is 4. The van der Waals surface area contributed by atoms with E-state index in [-0.39, 0.29) is 29.6 Å². The Balaban J connectivity index is 1.37. The van der Waals surface area contributed by atoms with E-state index >= 15 is 0 Å². The van der Waals surface area contributed by atoms with Crippen molar-refractivity contribution in [2.75, 3.05) is 26.2 Å². The van der Waals surface area contributed by atoms with Crippen molar-refractivity contribution in [2.24, 2.45) is 5.92 Å². The number of carbonyl (C=O) groups is 4. The number of hydrogen-bond donors (Lipinski definition) is 4. The smallest absolute Gasteiger partial charge is 0.255 e. The van der Waals surface area contributed by atoms with Gasteiger partial charge in [-0.15, -0.1) is 0 Å². The summed E-state index contributed by atoms with van der Waals surface area (Å²) < 4.78 is 5.95. The van der Waals surface area contributed by atoms with Crippen LogP contribution in [-0.4, -0.2) is 87.8 Å². The lowest BCUT2D eigenvalue weighted by Crippen LogP contribution is -2.59. The summed E-state index contributed by atoms with van der Waals surface area (Å²) in [6.45, 7) is 10.1. The average molecular weight is 643 g/mol. The summed E-state index contributed by atoms with van der Waals surface area (Å²) in [5, 5.41) is 18.6. The number of phenolic OH excluding ortho intramolecular Hbond substituents is 1. The van der Waals surface area contributed by atoms with E-state index in [0.717, 1.165) is 16.8 Å². The zero-order chi connectivity index (χ0) is 33.7. The number of piperazine rings is 1. The topological polar surface area (TPSA) is 153 Å². The first-order valence-corrected chi connectivity index (χ1v) is 15.9. The summed E-state index contributed by atoms with van der Waals surface area (Å²) in [6.07, 6.45) is 2.02. The Bertz CT molecular complexity index is 1620. The fourth-order valence-electron chi connectivity index (χ4n) is 5.69.